The predicted octanol–water partition coefficient (Wildman–Crippen LogP) is 0.764. The quantitative estimate of drug-likeness (QED) is 0.503. The summed E-state index contributed by atoms with van der Waals surface area (Å²) in [5.41, 5.74) is -1.64. The average Bonchev–Trinajstić information content (AvgIpc) is 2.23. The van der Waals surface area contributed by atoms with Gasteiger partial charge in [-0.25, -0.2) is 9.59 Å². The van der Waals surface area contributed by atoms with Gasteiger partial charge in [0.1, 0.15) is 0 Å². The molecule has 0 unspecified atom stereocenters. The predicted molar refractivity (Wildman–Crippen MR) is 53.2 cm³/mol. The Morgan fingerprint density at radius 2 is 1.47 bits per heavy atom. The number of hydrogen-bond acceptors (Lipinski definition) is 5. The maximum absolute atomic E-state index is 11.6. The SMILES string of the molecule is COC(=O)C(CC(C)C)(OC)C(=O)OC. The molecule has 0 spiro atoms. The first-order chi connectivity index (χ1) is 6.94. The average molecular weight is 218 g/mol. The van der Waals surface area contributed by atoms with Crippen LogP contribution in [0.15, 0.2) is 0 Å². The molecule has 0 atom stereocenters. The van der Waals surface area contributed by atoms with Crippen LogP contribution in [0.2, 0.25) is 0 Å². The highest BCUT2D eigenvalue weighted by molar-refractivity contribution is 6.03. The molecule has 5 heteroatoms. The van der Waals surface area contributed by atoms with Gasteiger partial charge in [-0.05, 0) is 5.92 Å². The van der Waals surface area contributed by atoms with E-state index >= 15 is 0 Å². The van der Waals surface area contributed by atoms with Crippen molar-refractivity contribution in [3.63, 3.8) is 0 Å². The van der Waals surface area contributed by atoms with Crippen molar-refractivity contribution >= 4 is 11.9 Å². The van der Waals surface area contributed by atoms with Crippen LogP contribution in [0.3, 0.4) is 0 Å². The molecule has 88 valence electrons. The summed E-state index contributed by atoms with van der Waals surface area (Å²) in [6, 6.07) is 0. The van der Waals surface area contributed by atoms with Crippen LogP contribution in [0.5, 0.6) is 0 Å². The first kappa shape index (κ1) is 13.9. The third kappa shape index (κ3) is 2.92. The molecule has 5 nitrogen and oxygen atoms in total. The highest BCUT2D eigenvalue weighted by Crippen LogP contribution is 2.24. The van der Waals surface area contributed by atoms with E-state index in [-0.39, 0.29) is 12.3 Å². The monoisotopic (exact) mass is 218 g/mol. The first-order valence-corrected chi connectivity index (χ1v) is 4.66. The summed E-state index contributed by atoms with van der Waals surface area (Å²) in [6.07, 6.45) is 0.225. The maximum atomic E-state index is 11.6. The van der Waals surface area contributed by atoms with Gasteiger partial charge in [-0.3, -0.25) is 0 Å². The lowest BCUT2D eigenvalue weighted by molar-refractivity contribution is -0.186. The van der Waals surface area contributed by atoms with Gasteiger partial charge in [0.15, 0.2) is 0 Å². The van der Waals surface area contributed by atoms with Gasteiger partial charge in [0.2, 0.25) is 0 Å². The van der Waals surface area contributed by atoms with E-state index in [9.17, 15) is 9.59 Å². The van der Waals surface area contributed by atoms with E-state index in [4.69, 9.17) is 4.74 Å². The lowest BCUT2D eigenvalue weighted by Crippen LogP contribution is -2.50. The van der Waals surface area contributed by atoms with Crippen molar-refractivity contribution in [1.82, 2.24) is 0 Å². The molecule has 0 amide bonds. The van der Waals surface area contributed by atoms with E-state index in [0.717, 1.165) is 0 Å². The van der Waals surface area contributed by atoms with Crippen molar-refractivity contribution in [2.75, 3.05) is 21.3 Å². The molecule has 0 heterocycles. The third-order valence-corrected chi connectivity index (χ3v) is 2.07. The fourth-order valence-electron chi connectivity index (χ4n) is 1.40. The second kappa shape index (κ2) is 5.70. The molecule has 0 aliphatic heterocycles. The van der Waals surface area contributed by atoms with E-state index in [1.807, 2.05) is 13.8 Å². The molecule has 0 aliphatic carbocycles. The lowest BCUT2D eigenvalue weighted by atomic mass is 9.92. The smallest absolute Gasteiger partial charge is 0.350 e. The van der Waals surface area contributed by atoms with Crippen LogP contribution >= 0.6 is 0 Å². The Morgan fingerprint density at radius 3 is 1.67 bits per heavy atom. The van der Waals surface area contributed by atoms with Crippen molar-refractivity contribution in [3.05, 3.63) is 0 Å². The van der Waals surface area contributed by atoms with E-state index in [0.29, 0.717) is 0 Å². The Bertz CT molecular complexity index is 218. The van der Waals surface area contributed by atoms with Gasteiger partial charge < -0.3 is 14.2 Å². The second-order valence-electron chi connectivity index (χ2n) is 3.61. The van der Waals surface area contributed by atoms with E-state index in [2.05, 4.69) is 9.47 Å². The maximum Gasteiger partial charge on any atom is 0.350 e. The van der Waals surface area contributed by atoms with Crippen molar-refractivity contribution in [3.8, 4) is 0 Å². The van der Waals surface area contributed by atoms with Crippen LogP contribution in [0.4, 0.5) is 0 Å². The Morgan fingerprint density at radius 1 is 1.07 bits per heavy atom. The Kier molecular flexibility index (Phi) is 5.28. The molecule has 0 aliphatic rings. The van der Waals surface area contributed by atoms with Crippen LogP contribution in [-0.4, -0.2) is 38.9 Å². The third-order valence-electron chi connectivity index (χ3n) is 2.07. The molecule has 0 aromatic carbocycles. The van der Waals surface area contributed by atoms with Crippen molar-refractivity contribution in [1.29, 1.82) is 0 Å². The molecule has 0 bridgehead atoms. The molecule has 0 aromatic rings. The van der Waals surface area contributed by atoms with Gasteiger partial charge in [0.05, 0.1) is 14.2 Å². The molecular weight excluding hydrogens is 200 g/mol. The lowest BCUT2D eigenvalue weighted by Gasteiger charge is -2.27. The molecule has 15 heavy (non-hydrogen) atoms. The molecule has 0 aromatic heterocycles. The van der Waals surface area contributed by atoms with E-state index in [1.165, 1.54) is 21.3 Å². The second-order valence-corrected chi connectivity index (χ2v) is 3.61. The molecule has 0 saturated heterocycles. The molecular formula is C10H18O5. The van der Waals surface area contributed by atoms with Crippen LogP contribution in [-0.2, 0) is 23.8 Å². The van der Waals surface area contributed by atoms with Crippen LogP contribution < -0.4 is 0 Å². The number of ether oxygens (including phenoxy) is 3. The first-order valence-electron chi connectivity index (χ1n) is 4.66. The molecule has 0 N–H and O–H groups in total. The van der Waals surface area contributed by atoms with Gasteiger partial charge in [0.25, 0.3) is 5.60 Å². The molecule has 0 radical (unpaired) electrons. The summed E-state index contributed by atoms with van der Waals surface area (Å²) in [5.74, 6) is -1.36. The number of hydrogen-bond donors (Lipinski definition) is 0. The zero-order valence-corrected chi connectivity index (χ0v) is 9.83. The number of methoxy groups -OCH3 is 3. The number of carbonyl (C=O) groups excluding carboxylic acids is 2. The summed E-state index contributed by atoms with van der Waals surface area (Å²) < 4.78 is 14.1. The number of esters is 2. The molecule has 0 rings (SSSR count). The number of rotatable bonds is 5. The van der Waals surface area contributed by atoms with Gasteiger partial charge in [0, 0.05) is 13.5 Å². The Balaban J connectivity index is 5.10. The van der Waals surface area contributed by atoms with Crippen LogP contribution in [0.25, 0.3) is 0 Å². The van der Waals surface area contributed by atoms with E-state index < -0.39 is 17.5 Å². The summed E-state index contributed by atoms with van der Waals surface area (Å²) in [7, 11) is 3.70. The largest absolute Gasteiger partial charge is 0.466 e. The molecule has 0 fully saturated rings. The standard InChI is InChI=1S/C10H18O5/c1-7(2)6-10(15-5,8(11)13-3)9(12)14-4/h7H,6H2,1-5H3. The zero-order valence-electron chi connectivity index (χ0n) is 9.83. The van der Waals surface area contributed by atoms with Crippen molar-refractivity contribution < 1.29 is 23.8 Å². The van der Waals surface area contributed by atoms with Crippen molar-refractivity contribution in [2.45, 2.75) is 25.9 Å². The minimum atomic E-state index is -1.64. The minimum Gasteiger partial charge on any atom is -0.466 e. The van der Waals surface area contributed by atoms with Gasteiger partial charge >= 0.3 is 11.9 Å². The minimum absolute atomic E-state index is 0.100. The van der Waals surface area contributed by atoms with Gasteiger partial charge in [-0.2, -0.15) is 0 Å². The summed E-state index contributed by atoms with van der Waals surface area (Å²) in [6.45, 7) is 3.75. The highest BCUT2D eigenvalue weighted by atomic mass is 16.6. The Labute approximate surface area is 89.7 Å². The van der Waals surface area contributed by atoms with Crippen LogP contribution in [0.1, 0.15) is 20.3 Å². The summed E-state index contributed by atoms with van der Waals surface area (Å²) in [5, 5.41) is 0. The van der Waals surface area contributed by atoms with Gasteiger partial charge in [-0.1, -0.05) is 13.8 Å². The Hall–Kier alpha value is -1.10. The van der Waals surface area contributed by atoms with Crippen molar-refractivity contribution in [2.24, 2.45) is 5.92 Å². The molecule has 0 saturated carbocycles. The summed E-state index contributed by atoms with van der Waals surface area (Å²) >= 11 is 0. The highest BCUT2D eigenvalue weighted by Gasteiger charge is 2.49. The van der Waals surface area contributed by atoms with Crippen LogP contribution in [0, 0.1) is 5.92 Å². The topological polar surface area (TPSA) is 61.8 Å². The fraction of sp³-hybridized carbons (Fsp3) is 0.800. The normalized spacial score (nSPS) is 11.3. The van der Waals surface area contributed by atoms with Gasteiger partial charge in [-0.15, -0.1) is 0 Å². The zero-order chi connectivity index (χ0) is 12.1. The summed E-state index contributed by atoms with van der Waals surface area (Å²) in [4.78, 5) is 23.1. The van der Waals surface area contributed by atoms with E-state index in [1.54, 1.807) is 0 Å². The number of carbonyl (C=O) groups is 2. The fourth-order valence-corrected chi connectivity index (χ4v) is 1.40.